The summed E-state index contributed by atoms with van der Waals surface area (Å²) in [5.74, 6) is -1.68. The first kappa shape index (κ1) is 26.2. The number of hydrogen-bond acceptors (Lipinski definition) is 6. The number of carbonyl (C=O) groups excluding carboxylic acids is 1. The fraction of sp³-hybridized carbons (Fsp3) is 0.536. The van der Waals surface area contributed by atoms with Gasteiger partial charge in [0.25, 0.3) is 8.32 Å². The predicted octanol–water partition coefficient (Wildman–Crippen LogP) is 3.80. The van der Waals surface area contributed by atoms with Gasteiger partial charge in [0.1, 0.15) is 24.4 Å². The number of aldehydes is 1. The molecule has 0 unspecified atom stereocenters. The molecular formula is C28H38O6Si. The molecule has 2 fully saturated rings. The first-order valence-electron chi connectivity index (χ1n) is 12.3. The van der Waals surface area contributed by atoms with Crippen molar-refractivity contribution in [3.05, 3.63) is 60.7 Å². The molecule has 0 N–H and O–H groups in total. The van der Waals surface area contributed by atoms with Crippen LogP contribution in [0.3, 0.4) is 0 Å². The molecule has 0 spiro atoms. The van der Waals surface area contributed by atoms with Crippen molar-refractivity contribution in [3.63, 3.8) is 0 Å². The Morgan fingerprint density at radius 3 is 1.86 bits per heavy atom. The van der Waals surface area contributed by atoms with Crippen molar-refractivity contribution in [2.75, 3.05) is 6.61 Å². The Balaban J connectivity index is 1.89. The Labute approximate surface area is 210 Å². The summed E-state index contributed by atoms with van der Waals surface area (Å²) in [5, 5.41) is 2.03. The van der Waals surface area contributed by atoms with Crippen LogP contribution in [0.4, 0.5) is 0 Å². The lowest BCUT2D eigenvalue weighted by Crippen LogP contribution is -2.70. The smallest absolute Gasteiger partial charge is 0.261 e. The number of hydrogen-bond donors (Lipinski definition) is 0. The highest BCUT2D eigenvalue weighted by molar-refractivity contribution is 6.99. The predicted molar refractivity (Wildman–Crippen MR) is 137 cm³/mol. The van der Waals surface area contributed by atoms with Gasteiger partial charge in [-0.3, -0.25) is 0 Å². The summed E-state index contributed by atoms with van der Waals surface area (Å²) in [7, 11) is -2.97. The summed E-state index contributed by atoms with van der Waals surface area (Å²) in [5.41, 5.74) is 0. The van der Waals surface area contributed by atoms with Crippen LogP contribution >= 0.6 is 0 Å². The van der Waals surface area contributed by atoms with Gasteiger partial charge in [-0.15, -0.1) is 0 Å². The van der Waals surface area contributed by atoms with Crippen LogP contribution in [0.5, 0.6) is 0 Å². The molecule has 2 saturated heterocycles. The molecule has 2 aliphatic rings. The Bertz CT molecular complexity index is 962. The lowest BCUT2D eigenvalue weighted by molar-refractivity contribution is -0.176. The van der Waals surface area contributed by atoms with Gasteiger partial charge in [0.05, 0.1) is 6.61 Å². The van der Waals surface area contributed by atoms with Crippen LogP contribution in [-0.4, -0.2) is 57.2 Å². The van der Waals surface area contributed by atoms with Gasteiger partial charge < -0.3 is 28.2 Å². The number of ether oxygens (including phenoxy) is 4. The Kier molecular flexibility index (Phi) is 7.14. The molecule has 35 heavy (non-hydrogen) atoms. The first-order chi connectivity index (χ1) is 16.4. The van der Waals surface area contributed by atoms with E-state index in [1.165, 1.54) is 0 Å². The average molecular weight is 499 g/mol. The van der Waals surface area contributed by atoms with Gasteiger partial charge in [-0.05, 0) is 43.1 Å². The summed E-state index contributed by atoms with van der Waals surface area (Å²) in [6.45, 7) is 14.4. The highest BCUT2D eigenvalue weighted by Crippen LogP contribution is 2.42. The minimum absolute atomic E-state index is 0.255. The molecule has 7 heteroatoms. The molecular weight excluding hydrogens is 460 g/mol. The highest BCUT2D eigenvalue weighted by Gasteiger charge is 2.57. The standard InChI is InChI=1S/C28H38O6Si/c1-26(2,3)35(20-14-10-8-11-15-20,21-16-12-9-13-17-21)34-25(23-19-30-27(4,5)32-23)24-22(18-29)31-28(6,7)33-24/h8-18,22-25H,19H2,1-7H3/t22-,23+,24+,25-/m1/s1. The second-order valence-electron chi connectivity index (χ2n) is 11.3. The second-order valence-corrected chi connectivity index (χ2v) is 15.6. The molecule has 6 nitrogen and oxygen atoms in total. The van der Waals surface area contributed by atoms with Gasteiger partial charge in [0, 0.05) is 0 Å². The number of carbonyl (C=O) groups is 1. The molecule has 0 aromatic heterocycles. The quantitative estimate of drug-likeness (QED) is 0.427. The van der Waals surface area contributed by atoms with Crippen molar-refractivity contribution >= 4 is 25.0 Å². The van der Waals surface area contributed by atoms with Crippen LogP contribution in [0.1, 0.15) is 48.5 Å². The van der Waals surface area contributed by atoms with Gasteiger partial charge in [0.15, 0.2) is 17.9 Å². The fourth-order valence-electron chi connectivity index (χ4n) is 5.30. The Hall–Kier alpha value is -1.87. The second kappa shape index (κ2) is 9.54. The summed E-state index contributed by atoms with van der Waals surface area (Å²) in [6, 6.07) is 20.8. The van der Waals surface area contributed by atoms with E-state index in [1.54, 1.807) is 0 Å². The van der Waals surface area contributed by atoms with Crippen LogP contribution in [0.2, 0.25) is 5.04 Å². The maximum atomic E-state index is 12.1. The van der Waals surface area contributed by atoms with Gasteiger partial charge in [-0.2, -0.15) is 0 Å². The Morgan fingerprint density at radius 2 is 1.43 bits per heavy atom. The summed E-state index contributed by atoms with van der Waals surface area (Å²) in [6.07, 6.45) is -1.65. The molecule has 2 aromatic rings. The van der Waals surface area contributed by atoms with Crippen LogP contribution in [0.15, 0.2) is 60.7 Å². The number of benzene rings is 2. The van der Waals surface area contributed by atoms with E-state index >= 15 is 0 Å². The third kappa shape index (κ3) is 5.17. The summed E-state index contributed by atoms with van der Waals surface area (Å²) in [4.78, 5) is 12.1. The van der Waals surface area contributed by atoms with E-state index < -0.39 is 44.3 Å². The molecule has 190 valence electrons. The molecule has 2 aliphatic heterocycles. The van der Waals surface area contributed by atoms with Gasteiger partial charge in [0.2, 0.25) is 0 Å². The maximum Gasteiger partial charge on any atom is 0.261 e. The van der Waals surface area contributed by atoms with Crippen molar-refractivity contribution in [1.82, 2.24) is 0 Å². The normalized spacial score (nSPS) is 27.0. The van der Waals surface area contributed by atoms with Crippen molar-refractivity contribution in [2.24, 2.45) is 0 Å². The van der Waals surface area contributed by atoms with Crippen molar-refractivity contribution < 1.29 is 28.2 Å². The van der Waals surface area contributed by atoms with Gasteiger partial charge >= 0.3 is 0 Å². The zero-order chi connectivity index (χ0) is 25.5. The van der Waals surface area contributed by atoms with E-state index in [9.17, 15) is 4.79 Å². The van der Waals surface area contributed by atoms with Crippen molar-refractivity contribution in [3.8, 4) is 0 Å². The van der Waals surface area contributed by atoms with Crippen LogP contribution in [0, 0.1) is 0 Å². The first-order valence-corrected chi connectivity index (χ1v) is 14.2. The van der Waals surface area contributed by atoms with E-state index in [0.717, 1.165) is 16.7 Å². The van der Waals surface area contributed by atoms with E-state index in [4.69, 9.17) is 23.4 Å². The SMILES string of the molecule is CC1(C)OC[C@@H]([C@@H](O[Si](c2ccccc2)(c2ccccc2)C(C)(C)C)[C@H]2OC(C)(C)O[C@@H]2C=O)O1. The molecule has 4 rings (SSSR count). The lowest BCUT2D eigenvalue weighted by Gasteiger charge is -2.47. The van der Waals surface area contributed by atoms with Crippen LogP contribution < -0.4 is 10.4 Å². The third-order valence-corrected chi connectivity index (χ3v) is 11.8. The minimum atomic E-state index is -2.97. The molecule has 4 atom stereocenters. The van der Waals surface area contributed by atoms with Crippen LogP contribution in [-0.2, 0) is 28.2 Å². The topological polar surface area (TPSA) is 63.2 Å². The molecule has 0 aliphatic carbocycles. The van der Waals surface area contributed by atoms with Crippen LogP contribution in [0.25, 0.3) is 0 Å². The average Bonchev–Trinajstić information content (AvgIpc) is 3.32. The minimum Gasteiger partial charge on any atom is -0.399 e. The maximum absolute atomic E-state index is 12.1. The molecule has 2 heterocycles. The van der Waals surface area contributed by atoms with E-state index in [1.807, 2.05) is 39.8 Å². The van der Waals surface area contributed by atoms with E-state index in [0.29, 0.717) is 6.61 Å². The van der Waals surface area contributed by atoms with Gasteiger partial charge in [-0.1, -0.05) is 81.4 Å². The zero-order valence-corrected chi connectivity index (χ0v) is 22.8. The van der Waals surface area contributed by atoms with E-state index in [2.05, 4.69) is 69.3 Å². The molecule has 0 bridgehead atoms. The van der Waals surface area contributed by atoms with E-state index in [-0.39, 0.29) is 5.04 Å². The van der Waals surface area contributed by atoms with Crippen molar-refractivity contribution in [1.29, 1.82) is 0 Å². The van der Waals surface area contributed by atoms with Gasteiger partial charge in [-0.25, -0.2) is 0 Å². The zero-order valence-electron chi connectivity index (χ0n) is 21.8. The lowest BCUT2D eigenvalue weighted by atomic mass is 10.0. The highest BCUT2D eigenvalue weighted by atomic mass is 28.4. The Morgan fingerprint density at radius 1 is 0.886 bits per heavy atom. The van der Waals surface area contributed by atoms with Crippen molar-refractivity contribution in [2.45, 2.75) is 89.5 Å². The number of rotatable bonds is 7. The molecule has 0 amide bonds. The molecule has 0 saturated carbocycles. The monoisotopic (exact) mass is 498 g/mol. The largest absolute Gasteiger partial charge is 0.399 e. The fourth-order valence-corrected chi connectivity index (χ4v) is 10.0. The third-order valence-electron chi connectivity index (χ3n) is 6.75. The summed E-state index contributed by atoms with van der Waals surface area (Å²) >= 11 is 0. The molecule has 0 radical (unpaired) electrons. The summed E-state index contributed by atoms with van der Waals surface area (Å²) < 4.78 is 32.0. The molecule has 2 aromatic carbocycles.